The van der Waals surface area contributed by atoms with Crippen LogP contribution in [-0.4, -0.2) is 334 Å². The molecule has 0 aromatic rings. The number of unbranched alkanes of at least 4 members (excludes halogenated alkanes) is 24. The lowest BCUT2D eigenvalue weighted by Crippen LogP contribution is -2.70. The number of aliphatic hydroxyl groups excluding tert-OH is 6. The first-order valence-corrected chi connectivity index (χ1v) is 50.8. The molecule has 22 saturated heterocycles. The van der Waals surface area contributed by atoms with E-state index in [9.17, 15) is 30.6 Å². The maximum atomic E-state index is 12.2. The van der Waals surface area contributed by atoms with Crippen LogP contribution in [-0.2, 0) is 114 Å². The van der Waals surface area contributed by atoms with Crippen molar-refractivity contribution in [2.24, 2.45) is 0 Å². The second-order valence-corrected chi connectivity index (χ2v) is 35.5. The normalized spacial score (nSPS) is 34.7. The monoisotopic (exact) mass is 1810 g/mol. The number of hydrogen-bond acceptors (Lipinski definition) is 30. The third kappa shape index (κ3) is 35.4. The van der Waals surface area contributed by atoms with Crippen LogP contribution in [0, 0.1) is 0 Å². The zero-order valence-corrected chi connectivity index (χ0v) is 80.0. The Hall–Kier alpha value is -1.20. The van der Waals surface area contributed by atoms with Crippen LogP contribution in [0.25, 0.3) is 0 Å². The molecule has 30 heteroatoms. The largest absolute Gasteiger partial charge is 0.394 e. The highest BCUT2D eigenvalue weighted by Crippen LogP contribution is 2.44. The summed E-state index contributed by atoms with van der Waals surface area (Å²) in [6.07, 6.45) is -7.37. The molecule has 0 amide bonds. The van der Waals surface area contributed by atoms with E-state index in [2.05, 4.69) is 83.1 Å². The van der Waals surface area contributed by atoms with Gasteiger partial charge in [-0.1, -0.05) is 237 Å². The molecule has 0 saturated carbocycles. The Bertz CT molecular complexity index is 2150. The summed E-state index contributed by atoms with van der Waals surface area (Å²) in [6, 6.07) is 0. The van der Waals surface area contributed by atoms with Gasteiger partial charge in [0.15, 0.2) is 37.7 Å². The van der Waals surface area contributed by atoms with E-state index >= 15 is 0 Å². The first-order valence-electron chi connectivity index (χ1n) is 50.8. The molecule has 22 aliphatic rings. The van der Waals surface area contributed by atoms with Gasteiger partial charge in [-0.05, 0) is 77.0 Å². The summed E-state index contributed by atoms with van der Waals surface area (Å²) in [6.45, 7) is 24.6. The average Bonchev–Trinajstić information content (AvgIpc) is 0.754. The second kappa shape index (κ2) is 67.1. The maximum absolute atomic E-state index is 12.2. The van der Waals surface area contributed by atoms with Gasteiger partial charge < -0.3 is 144 Å². The summed E-state index contributed by atoms with van der Waals surface area (Å²) in [7, 11) is 0. The second-order valence-electron chi connectivity index (χ2n) is 35.5. The number of ether oxygens (including phenoxy) is 24. The van der Waals surface area contributed by atoms with Crippen molar-refractivity contribution in [2.75, 3.05) is 119 Å². The Morgan fingerprint density at radius 3 is 0.341 bits per heavy atom. The van der Waals surface area contributed by atoms with Crippen LogP contribution in [0.5, 0.6) is 0 Å². The lowest BCUT2D eigenvalue weighted by molar-refractivity contribution is -0.414. The number of rotatable bonds is 66. The van der Waals surface area contributed by atoms with Gasteiger partial charge in [0.1, 0.15) is 146 Å². The molecule has 22 heterocycles. The van der Waals surface area contributed by atoms with E-state index in [-0.39, 0.29) is 79.3 Å². The van der Waals surface area contributed by atoms with Crippen molar-refractivity contribution < 1.29 is 144 Å². The zero-order valence-electron chi connectivity index (χ0n) is 80.0. The molecule has 30 atom stereocenters. The quantitative estimate of drug-likeness (QED) is 0.0308. The van der Waals surface area contributed by atoms with Crippen molar-refractivity contribution in [2.45, 2.75) is 498 Å². The molecular weight excluding hydrogens is 1630 g/mol. The van der Waals surface area contributed by atoms with Crippen LogP contribution in [0.3, 0.4) is 0 Å². The van der Waals surface area contributed by atoms with Gasteiger partial charge in [-0.25, -0.2) is 0 Å². The summed E-state index contributed by atoms with van der Waals surface area (Å²) in [4.78, 5) is 0. The highest BCUT2D eigenvalue weighted by molar-refractivity contribution is 5.04. The van der Waals surface area contributed by atoms with Gasteiger partial charge in [0.05, 0.1) is 39.6 Å². The van der Waals surface area contributed by atoms with E-state index in [0.29, 0.717) is 77.0 Å². The molecule has 0 aromatic carbocycles. The van der Waals surface area contributed by atoms with E-state index in [1.807, 2.05) is 0 Å². The van der Waals surface area contributed by atoms with Gasteiger partial charge in [-0.2, -0.15) is 0 Å². The molecule has 22 aliphatic heterocycles. The van der Waals surface area contributed by atoms with E-state index in [0.717, 1.165) is 154 Å². The molecule has 0 radical (unpaired) electrons. The van der Waals surface area contributed by atoms with Gasteiger partial charge >= 0.3 is 0 Å². The fraction of sp³-hybridized carbons (Fsp3) is 1.00. The third-order valence-corrected chi connectivity index (χ3v) is 25.1. The Labute approximate surface area is 758 Å². The van der Waals surface area contributed by atoms with E-state index in [1.165, 1.54) is 0 Å². The minimum Gasteiger partial charge on any atom is -0.394 e. The minimum absolute atomic E-state index is 0.238. The number of hydrogen-bond donors (Lipinski definition) is 6. The average molecular weight is 1810 g/mol. The van der Waals surface area contributed by atoms with Crippen LogP contribution in [0.4, 0.5) is 0 Å². The smallest absolute Gasteiger partial charge is 0.187 e. The highest BCUT2D eigenvalue weighted by Gasteiger charge is 2.62. The molecule has 12 bridgehead atoms. The van der Waals surface area contributed by atoms with Gasteiger partial charge in [0.25, 0.3) is 0 Å². The maximum Gasteiger partial charge on any atom is 0.187 e. The lowest BCUT2D eigenvalue weighted by Gasteiger charge is -2.53. The molecule has 744 valence electrons. The predicted molar refractivity (Wildman–Crippen MR) is 475 cm³/mol. The minimum atomic E-state index is -1.38. The van der Waals surface area contributed by atoms with Gasteiger partial charge in [0.2, 0.25) is 0 Å². The van der Waals surface area contributed by atoms with Crippen molar-refractivity contribution in [1.82, 2.24) is 0 Å². The summed E-state index contributed by atoms with van der Waals surface area (Å²) < 4.78 is 175. The Kier molecular flexibility index (Phi) is 59.5. The van der Waals surface area contributed by atoms with Crippen molar-refractivity contribution >= 4 is 0 Å². The summed E-state index contributed by atoms with van der Waals surface area (Å²) in [5.41, 5.74) is 0. The third-order valence-electron chi connectivity index (χ3n) is 25.1. The molecule has 0 aromatic heterocycles. The molecule has 126 heavy (non-hydrogen) atoms. The Balaban J connectivity index is 1.56. The van der Waals surface area contributed by atoms with Gasteiger partial charge in [-0.15, -0.1) is 0 Å². The molecule has 30 nitrogen and oxygen atoms in total. The molecular formula is C96H180O30. The van der Waals surface area contributed by atoms with Gasteiger partial charge in [0, 0.05) is 79.3 Å². The van der Waals surface area contributed by atoms with Crippen LogP contribution < -0.4 is 0 Å². The van der Waals surface area contributed by atoms with Crippen LogP contribution in [0.1, 0.15) is 314 Å². The Morgan fingerprint density at radius 2 is 0.246 bits per heavy atom. The van der Waals surface area contributed by atoms with Crippen molar-refractivity contribution in [1.29, 1.82) is 0 Å². The first kappa shape index (κ1) is 112. The fourth-order valence-electron chi connectivity index (χ4n) is 17.8. The van der Waals surface area contributed by atoms with Gasteiger partial charge in [-0.3, -0.25) is 0 Å². The molecule has 0 spiro atoms. The SMILES string of the molecule is CCCCCOC1C2OC(CO)C(OC3OC(CO)C(OC4OC(CO)C(OC5OC(CO)C(OC6OC(CO)C(OC7OC(CO)C(O2)C(OCCCCC)C7OCCCCC)C(OCCCCC)C6OCCCCC)C(OCCCCC)C5OCCCCC)C(OCCCCC)C4OCCCCC)C(OCCCCC)C3OCCCCC)C1OCCCCC. The van der Waals surface area contributed by atoms with Crippen molar-refractivity contribution in [3.63, 3.8) is 0 Å². The fourth-order valence-corrected chi connectivity index (χ4v) is 17.8. The molecule has 22 rings (SSSR count). The summed E-state index contributed by atoms with van der Waals surface area (Å²) in [5, 5.41) is 73.0. The zero-order chi connectivity index (χ0) is 90.5. The Morgan fingerprint density at radius 1 is 0.143 bits per heavy atom. The van der Waals surface area contributed by atoms with E-state index in [4.69, 9.17) is 114 Å². The number of aliphatic hydroxyl groups is 6. The van der Waals surface area contributed by atoms with Crippen LogP contribution >= 0.6 is 0 Å². The predicted octanol–water partition coefficient (Wildman–Crippen LogP) is 13.5. The van der Waals surface area contributed by atoms with Crippen LogP contribution in [0.15, 0.2) is 0 Å². The molecule has 30 unspecified atom stereocenters. The van der Waals surface area contributed by atoms with Crippen molar-refractivity contribution in [3.8, 4) is 0 Å². The van der Waals surface area contributed by atoms with Crippen molar-refractivity contribution in [3.05, 3.63) is 0 Å². The highest BCUT2D eigenvalue weighted by atomic mass is 16.8. The standard InChI is InChI=1S/C96H180O30/c1-13-25-37-49-103-79-73-67(61-97)115-91(85(79)109-55-43-31-19-7)122-74-68(62-98)117-93(87(111-57-45-33-21-9)80(74)104-50-38-26-14-2)124-76-70(64-100)119-95(89(113-59-47-35-23-11)82(76)106-52-40-28-16-4)126-78-72(66-102)120-96(90(114-60-48-36-24-12)84(78)108-54-42-30-18-6)125-77-71(65-101)118-94(88(112-58-46-34-22-10)83(77)107-53-41-29-17-5)123-75-69(63-99)116-92(121-73)86(110-56-44-32-20-8)81(75)105-51-39-27-15-3/h67-102H,13-66H2,1-12H3. The van der Waals surface area contributed by atoms with E-state index in [1.54, 1.807) is 0 Å². The van der Waals surface area contributed by atoms with E-state index < -0.39 is 224 Å². The lowest BCUT2D eigenvalue weighted by atomic mass is 9.94. The first-order chi connectivity index (χ1) is 61.9. The molecule has 0 aliphatic carbocycles. The molecule has 22 fully saturated rings. The summed E-state index contributed by atoms with van der Waals surface area (Å²) >= 11 is 0. The summed E-state index contributed by atoms with van der Waals surface area (Å²) in [5.74, 6) is 0. The molecule has 6 N–H and O–H groups in total. The van der Waals surface area contributed by atoms with Crippen LogP contribution in [0.2, 0.25) is 0 Å². The topological polar surface area (TPSA) is 343 Å².